The first-order chi connectivity index (χ1) is 12.7. The van der Waals surface area contributed by atoms with Crippen LogP contribution in [0.5, 0.6) is 0 Å². The molecule has 0 amide bonds. The Hall–Kier alpha value is -2.32. The Labute approximate surface area is 152 Å². The molecule has 1 saturated heterocycles. The summed E-state index contributed by atoms with van der Waals surface area (Å²) >= 11 is 0. The van der Waals surface area contributed by atoms with Crippen molar-refractivity contribution in [3.05, 3.63) is 45.8 Å². The van der Waals surface area contributed by atoms with Crippen LogP contribution in [0.15, 0.2) is 23.3 Å². The maximum atomic E-state index is 11.9. The zero-order valence-corrected chi connectivity index (χ0v) is 15.1. The molecule has 26 heavy (non-hydrogen) atoms. The Kier molecular flexibility index (Phi) is 4.94. The highest BCUT2D eigenvalue weighted by atomic mass is 16.5. The minimum atomic E-state index is -0.0400. The van der Waals surface area contributed by atoms with Gasteiger partial charge in [-0.1, -0.05) is 0 Å². The SMILES string of the molecule is Cc1ccc(=O)n(CCN2CCN(c3ncnc4c3COCC4)CC2)n1. The molecule has 0 atom stereocenters. The van der Waals surface area contributed by atoms with Crippen molar-refractivity contribution in [1.82, 2.24) is 24.6 Å². The predicted molar refractivity (Wildman–Crippen MR) is 97.3 cm³/mol. The van der Waals surface area contributed by atoms with E-state index in [1.54, 1.807) is 23.1 Å². The van der Waals surface area contributed by atoms with Gasteiger partial charge < -0.3 is 9.64 Å². The minimum Gasteiger partial charge on any atom is -0.376 e. The number of rotatable bonds is 4. The summed E-state index contributed by atoms with van der Waals surface area (Å²) in [6.45, 7) is 8.42. The monoisotopic (exact) mass is 356 g/mol. The number of aromatic nitrogens is 4. The fourth-order valence-electron chi connectivity index (χ4n) is 3.55. The normalized spacial score (nSPS) is 18.0. The summed E-state index contributed by atoms with van der Waals surface area (Å²) < 4.78 is 7.16. The lowest BCUT2D eigenvalue weighted by molar-refractivity contribution is 0.109. The molecule has 0 spiro atoms. The predicted octanol–water partition coefficient (Wildman–Crippen LogP) is 0.237. The summed E-state index contributed by atoms with van der Waals surface area (Å²) in [6.07, 6.45) is 2.53. The van der Waals surface area contributed by atoms with Crippen LogP contribution < -0.4 is 10.5 Å². The van der Waals surface area contributed by atoms with E-state index in [-0.39, 0.29) is 5.56 Å². The van der Waals surface area contributed by atoms with E-state index in [0.717, 1.165) is 68.5 Å². The number of piperazine rings is 1. The van der Waals surface area contributed by atoms with E-state index in [1.165, 1.54) is 0 Å². The van der Waals surface area contributed by atoms with E-state index in [0.29, 0.717) is 13.2 Å². The van der Waals surface area contributed by atoms with Crippen LogP contribution in [0.2, 0.25) is 0 Å². The molecule has 0 saturated carbocycles. The highest BCUT2D eigenvalue weighted by molar-refractivity contribution is 5.49. The first-order valence-electron chi connectivity index (χ1n) is 9.13. The first kappa shape index (κ1) is 17.1. The van der Waals surface area contributed by atoms with Gasteiger partial charge in [-0.15, -0.1) is 0 Å². The molecular formula is C18H24N6O2. The maximum absolute atomic E-state index is 11.9. The summed E-state index contributed by atoms with van der Waals surface area (Å²) in [4.78, 5) is 25.5. The van der Waals surface area contributed by atoms with Gasteiger partial charge in [-0.05, 0) is 13.0 Å². The van der Waals surface area contributed by atoms with E-state index < -0.39 is 0 Å². The largest absolute Gasteiger partial charge is 0.376 e. The summed E-state index contributed by atoms with van der Waals surface area (Å²) in [7, 11) is 0. The second kappa shape index (κ2) is 7.51. The molecule has 8 heteroatoms. The van der Waals surface area contributed by atoms with Crippen LogP contribution >= 0.6 is 0 Å². The zero-order valence-electron chi connectivity index (χ0n) is 15.1. The van der Waals surface area contributed by atoms with Gasteiger partial charge in [-0.2, -0.15) is 5.10 Å². The van der Waals surface area contributed by atoms with Crippen molar-refractivity contribution in [2.45, 2.75) is 26.5 Å². The van der Waals surface area contributed by atoms with Crippen LogP contribution in [0.4, 0.5) is 5.82 Å². The first-order valence-corrected chi connectivity index (χ1v) is 9.13. The van der Waals surface area contributed by atoms with Crippen molar-refractivity contribution in [3.8, 4) is 0 Å². The van der Waals surface area contributed by atoms with E-state index in [1.807, 2.05) is 6.92 Å². The van der Waals surface area contributed by atoms with E-state index in [2.05, 4.69) is 24.9 Å². The molecule has 0 unspecified atom stereocenters. The summed E-state index contributed by atoms with van der Waals surface area (Å²) in [5.41, 5.74) is 3.09. The highest BCUT2D eigenvalue weighted by Crippen LogP contribution is 2.25. The van der Waals surface area contributed by atoms with Crippen molar-refractivity contribution >= 4 is 5.82 Å². The fourth-order valence-corrected chi connectivity index (χ4v) is 3.55. The number of hydrogen-bond acceptors (Lipinski definition) is 7. The third kappa shape index (κ3) is 3.61. The Bertz CT molecular complexity index is 829. The molecule has 4 rings (SSSR count). The van der Waals surface area contributed by atoms with Gasteiger partial charge in [-0.3, -0.25) is 9.69 Å². The topological polar surface area (TPSA) is 76.4 Å². The van der Waals surface area contributed by atoms with Crippen LogP contribution in [-0.2, 0) is 24.3 Å². The van der Waals surface area contributed by atoms with Crippen molar-refractivity contribution in [3.63, 3.8) is 0 Å². The standard InChI is InChI=1S/C18H24N6O2/c1-14-2-3-17(25)24(21-14)10-7-22-5-8-23(9-6-22)18-15-12-26-11-4-16(15)19-13-20-18/h2-3,13H,4-12H2,1H3. The lowest BCUT2D eigenvalue weighted by Crippen LogP contribution is -2.48. The number of hydrogen-bond donors (Lipinski definition) is 0. The van der Waals surface area contributed by atoms with Crippen LogP contribution in [0.1, 0.15) is 17.0 Å². The average Bonchev–Trinajstić information content (AvgIpc) is 2.69. The molecule has 1 fully saturated rings. The molecule has 8 nitrogen and oxygen atoms in total. The van der Waals surface area contributed by atoms with Gasteiger partial charge in [-0.25, -0.2) is 14.6 Å². The van der Waals surface area contributed by atoms with Crippen molar-refractivity contribution in [2.75, 3.05) is 44.2 Å². The van der Waals surface area contributed by atoms with Crippen LogP contribution in [-0.4, -0.2) is 64.0 Å². The Morgan fingerprint density at radius 2 is 1.96 bits per heavy atom. The second-order valence-electron chi connectivity index (χ2n) is 6.79. The quantitative estimate of drug-likeness (QED) is 0.776. The average molecular weight is 356 g/mol. The zero-order chi connectivity index (χ0) is 17.9. The van der Waals surface area contributed by atoms with Gasteiger partial charge in [0, 0.05) is 50.8 Å². The van der Waals surface area contributed by atoms with Gasteiger partial charge in [0.15, 0.2) is 0 Å². The molecule has 138 valence electrons. The van der Waals surface area contributed by atoms with Crippen LogP contribution in [0.25, 0.3) is 0 Å². The van der Waals surface area contributed by atoms with Gasteiger partial charge in [0.1, 0.15) is 12.1 Å². The van der Waals surface area contributed by atoms with Crippen molar-refractivity contribution in [1.29, 1.82) is 0 Å². The van der Waals surface area contributed by atoms with Crippen molar-refractivity contribution in [2.24, 2.45) is 0 Å². The summed E-state index contributed by atoms with van der Waals surface area (Å²) in [5.74, 6) is 1.02. The molecule has 0 radical (unpaired) electrons. The van der Waals surface area contributed by atoms with E-state index in [9.17, 15) is 4.79 Å². The van der Waals surface area contributed by atoms with Gasteiger partial charge in [0.25, 0.3) is 5.56 Å². The third-order valence-electron chi connectivity index (χ3n) is 5.04. The maximum Gasteiger partial charge on any atom is 0.266 e. The number of nitrogens with zero attached hydrogens (tertiary/aromatic N) is 6. The van der Waals surface area contributed by atoms with E-state index in [4.69, 9.17) is 4.74 Å². The lowest BCUT2D eigenvalue weighted by Gasteiger charge is -2.36. The summed E-state index contributed by atoms with van der Waals surface area (Å²) in [6, 6.07) is 3.34. The molecule has 2 aliphatic rings. The molecule has 0 bridgehead atoms. The third-order valence-corrected chi connectivity index (χ3v) is 5.04. The molecule has 4 heterocycles. The Balaban J connectivity index is 1.36. The van der Waals surface area contributed by atoms with Gasteiger partial charge in [0.05, 0.1) is 31.1 Å². The fraction of sp³-hybridized carbons (Fsp3) is 0.556. The molecular weight excluding hydrogens is 332 g/mol. The Morgan fingerprint density at radius 3 is 2.81 bits per heavy atom. The second-order valence-corrected chi connectivity index (χ2v) is 6.79. The minimum absolute atomic E-state index is 0.0400. The Morgan fingerprint density at radius 1 is 1.12 bits per heavy atom. The molecule has 2 aliphatic heterocycles. The number of aryl methyl sites for hydroxylation is 1. The van der Waals surface area contributed by atoms with Gasteiger partial charge in [0.2, 0.25) is 0 Å². The van der Waals surface area contributed by atoms with Crippen molar-refractivity contribution < 1.29 is 4.74 Å². The highest BCUT2D eigenvalue weighted by Gasteiger charge is 2.23. The van der Waals surface area contributed by atoms with Crippen LogP contribution in [0, 0.1) is 6.92 Å². The number of fused-ring (bicyclic) bond motifs is 1. The number of ether oxygens (including phenoxy) is 1. The molecule has 0 aliphatic carbocycles. The van der Waals surface area contributed by atoms with Gasteiger partial charge >= 0.3 is 0 Å². The molecule has 0 aromatic carbocycles. The lowest BCUT2D eigenvalue weighted by atomic mass is 10.1. The summed E-state index contributed by atoms with van der Waals surface area (Å²) in [5, 5.41) is 4.30. The number of anilines is 1. The van der Waals surface area contributed by atoms with Crippen LogP contribution in [0.3, 0.4) is 0 Å². The molecule has 2 aromatic rings. The van der Waals surface area contributed by atoms with E-state index >= 15 is 0 Å². The molecule has 2 aromatic heterocycles. The smallest absolute Gasteiger partial charge is 0.266 e. The molecule has 0 N–H and O–H groups in total.